The van der Waals surface area contributed by atoms with Gasteiger partial charge in [0.2, 0.25) is 0 Å². The van der Waals surface area contributed by atoms with Crippen molar-refractivity contribution in [3.8, 4) is 0 Å². The third kappa shape index (κ3) is 2.40. The van der Waals surface area contributed by atoms with Crippen molar-refractivity contribution in [3.63, 3.8) is 0 Å². The van der Waals surface area contributed by atoms with E-state index < -0.39 is 0 Å². The summed E-state index contributed by atoms with van der Waals surface area (Å²) in [7, 11) is 0. The van der Waals surface area contributed by atoms with E-state index in [-0.39, 0.29) is 6.17 Å². The van der Waals surface area contributed by atoms with Crippen LogP contribution in [0.15, 0.2) is 30.3 Å². The van der Waals surface area contributed by atoms with Gasteiger partial charge < -0.3 is 5.32 Å². The molecule has 2 rings (SSSR count). The fourth-order valence-electron chi connectivity index (χ4n) is 1.16. The van der Waals surface area contributed by atoms with Gasteiger partial charge in [0.25, 0.3) is 0 Å². The van der Waals surface area contributed by atoms with Gasteiger partial charge in [0.15, 0.2) is 0 Å². The van der Waals surface area contributed by atoms with Crippen molar-refractivity contribution >= 4 is 5.69 Å². The average Bonchev–Trinajstić information content (AvgIpc) is 2.69. The summed E-state index contributed by atoms with van der Waals surface area (Å²) in [5.74, 6) is 0. The molecule has 1 aliphatic rings. The first-order valence-corrected chi connectivity index (χ1v) is 4.25. The van der Waals surface area contributed by atoms with Gasteiger partial charge >= 0.3 is 0 Å². The molecule has 0 bridgehead atoms. The number of hydrogen-bond acceptors (Lipinski definition) is 5. The number of anilines is 1. The van der Waals surface area contributed by atoms with E-state index in [1.54, 1.807) is 0 Å². The minimum atomic E-state index is 0.195. The molecular formula is C8H13N5. The van der Waals surface area contributed by atoms with Crippen molar-refractivity contribution in [1.29, 1.82) is 0 Å². The van der Waals surface area contributed by atoms with Gasteiger partial charge in [0, 0.05) is 12.2 Å². The van der Waals surface area contributed by atoms with Crippen molar-refractivity contribution in [2.75, 3.05) is 11.9 Å². The molecule has 1 aromatic rings. The van der Waals surface area contributed by atoms with Crippen molar-refractivity contribution in [2.24, 2.45) is 0 Å². The summed E-state index contributed by atoms with van der Waals surface area (Å²) in [4.78, 5) is 0. The average molecular weight is 179 g/mol. The summed E-state index contributed by atoms with van der Waals surface area (Å²) in [5, 5.41) is 3.28. The van der Waals surface area contributed by atoms with E-state index in [0.717, 1.165) is 12.2 Å². The Morgan fingerprint density at radius 3 is 2.46 bits per heavy atom. The Hall–Kier alpha value is -1.14. The summed E-state index contributed by atoms with van der Waals surface area (Å²) in [6.07, 6.45) is 0.195. The smallest absolute Gasteiger partial charge is 0.103 e. The molecule has 0 spiro atoms. The second-order valence-electron chi connectivity index (χ2n) is 2.84. The summed E-state index contributed by atoms with van der Waals surface area (Å²) in [6.45, 7) is 0.810. The molecule has 0 aliphatic carbocycles. The molecule has 0 unspecified atom stereocenters. The number of para-hydroxylation sites is 1. The maximum atomic E-state index is 3.28. The lowest BCUT2D eigenvalue weighted by Gasteiger charge is -2.10. The molecular weight excluding hydrogens is 166 g/mol. The molecule has 1 saturated heterocycles. The SMILES string of the molecule is c1ccc(NCC2NNNN2)cc1. The Labute approximate surface area is 76.8 Å². The first-order chi connectivity index (χ1) is 6.45. The zero-order valence-corrected chi connectivity index (χ0v) is 7.17. The second-order valence-corrected chi connectivity index (χ2v) is 2.84. The molecule has 0 aromatic heterocycles. The lowest BCUT2D eigenvalue weighted by atomic mass is 10.3. The van der Waals surface area contributed by atoms with Crippen molar-refractivity contribution in [1.82, 2.24) is 21.9 Å². The van der Waals surface area contributed by atoms with Gasteiger partial charge in [-0.2, -0.15) is 11.1 Å². The van der Waals surface area contributed by atoms with Crippen LogP contribution in [0.4, 0.5) is 5.69 Å². The van der Waals surface area contributed by atoms with Gasteiger partial charge in [-0.1, -0.05) is 18.2 Å². The lowest BCUT2D eigenvalue weighted by molar-refractivity contribution is 0.548. The maximum Gasteiger partial charge on any atom is 0.103 e. The Bertz CT molecular complexity index is 244. The number of benzene rings is 1. The number of hydrogen-bond donors (Lipinski definition) is 5. The molecule has 13 heavy (non-hydrogen) atoms. The molecule has 0 amide bonds. The van der Waals surface area contributed by atoms with Crippen molar-refractivity contribution in [3.05, 3.63) is 30.3 Å². The molecule has 5 nitrogen and oxygen atoms in total. The monoisotopic (exact) mass is 179 g/mol. The van der Waals surface area contributed by atoms with Crippen LogP contribution < -0.4 is 27.2 Å². The Kier molecular flexibility index (Phi) is 2.73. The summed E-state index contributed by atoms with van der Waals surface area (Å²) in [5.41, 5.74) is 12.6. The van der Waals surface area contributed by atoms with Gasteiger partial charge in [-0.15, -0.1) is 0 Å². The van der Waals surface area contributed by atoms with Crippen LogP contribution in [0.1, 0.15) is 0 Å². The topological polar surface area (TPSA) is 60.1 Å². The number of hydrazine groups is 3. The predicted molar refractivity (Wildman–Crippen MR) is 51.3 cm³/mol. The Morgan fingerprint density at radius 1 is 1.08 bits per heavy atom. The summed E-state index contributed by atoms with van der Waals surface area (Å²) in [6, 6.07) is 10.1. The van der Waals surface area contributed by atoms with Crippen molar-refractivity contribution in [2.45, 2.75) is 6.17 Å². The quantitative estimate of drug-likeness (QED) is 0.435. The zero-order chi connectivity index (χ0) is 8.93. The van der Waals surface area contributed by atoms with Crippen LogP contribution in [0.2, 0.25) is 0 Å². The van der Waals surface area contributed by atoms with Gasteiger partial charge in [0.1, 0.15) is 6.17 Å². The summed E-state index contributed by atoms with van der Waals surface area (Å²) < 4.78 is 0. The highest BCUT2D eigenvalue weighted by Crippen LogP contribution is 2.03. The van der Waals surface area contributed by atoms with E-state index in [4.69, 9.17) is 0 Å². The van der Waals surface area contributed by atoms with Crippen LogP contribution >= 0.6 is 0 Å². The van der Waals surface area contributed by atoms with E-state index >= 15 is 0 Å². The first kappa shape index (κ1) is 8.46. The standard InChI is InChI=1S/C8H13N5/c1-2-4-7(5-3-1)9-6-8-10-12-13-11-8/h1-5,8-13H,6H2. The zero-order valence-electron chi connectivity index (χ0n) is 7.17. The molecule has 70 valence electrons. The molecule has 1 heterocycles. The highest BCUT2D eigenvalue weighted by atomic mass is 15.8. The van der Waals surface area contributed by atoms with E-state index in [9.17, 15) is 0 Å². The highest BCUT2D eigenvalue weighted by molar-refractivity contribution is 5.42. The molecule has 5 N–H and O–H groups in total. The molecule has 5 heteroatoms. The van der Waals surface area contributed by atoms with Crippen LogP contribution in [0.5, 0.6) is 0 Å². The molecule has 1 fully saturated rings. The highest BCUT2D eigenvalue weighted by Gasteiger charge is 2.10. The molecule has 1 aliphatic heterocycles. The normalized spacial score (nSPS) is 17.5. The second kappa shape index (κ2) is 4.20. The largest absolute Gasteiger partial charge is 0.382 e. The fraction of sp³-hybridized carbons (Fsp3) is 0.250. The minimum absolute atomic E-state index is 0.195. The van der Waals surface area contributed by atoms with Crippen LogP contribution in [0, 0.1) is 0 Å². The van der Waals surface area contributed by atoms with Gasteiger partial charge in [0.05, 0.1) is 0 Å². The van der Waals surface area contributed by atoms with E-state index in [1.165, 1.54) is 0 Å². The minimum Gasteiger partial charge on any atom is -0.382 e. The van der Waals surface area contributed by atoms with Crippen LogP contribution in [-0.4, -0.2) is 12.7 Å². The number of rotatable bonds is 3. The van der Waals surface area contributed by atoms with E-state index in [2.05, 4.69) is 27.2 Å². The Balaban J connectivity index is 1.79. The van der Waals surface area contributed by atoms with Crippen LogP contribution in [0.3, 0.4) is 0 Å². The fourth-order valence-corrected chi connectivity index (χ4v) is 1.16. The van der Waals surface area contributed by atoms with Gasteiger partial charge in [-0.05, 0) is 12.1 Å². The van der Waals surface area contributed by atoms with E-state index in [1.807, 2.05) is 30.3 Å². The van der Waals surface area contributed by atoms with Gasteiger partial charge in [-0.25, -0.2) is 10.9 Å². The molecule has 0 atom stereocenters. The van der Waals surface area contributed by atoms with E-state index in [0.29, 0.717) is 0 Å². The lowest BCUT2D eigenvalue weighted by Crippen LogP contribution is -2.39. The third-order valence-electron chi connectivity index (χ3n) is 1.84. The van der Waals surface area contributed by atoms with Gasteiger partial charge in [-0.3, -0.25) is 0 Å². The number of nitrogens with one attached hydrogen (secondary N) is 5. The van der Waals surface area contributed by atoms with Crippen LogP contribution in [-0.2, 0) is 0 Å². The molecule has 1 aromatic carbocycles. The molecule has 0 radical (unpaired) electrons. The Morgan fingerprint density at radius 2 is 1.77 bits per heavy atom. The predicted octanol–water partition coefficient (Wildman–Crippen LogP) is -0.458. The summed E-state index contributed by atoms with van der Waals surface area (Å²) >= 11 is 0. The third-order valence-corrected chi connectivity index (χ3v) is 1.84. The van der Waals surface area contributed by atoms with Crippen LogP contribution in [0.25, 0.3) is 0 Å². The molecule has 0 saturated carbocycles. The maximum absolute atomic E-state index is 3.28. The first-order valence-electron chi connectivity index (χ1n) is 4.25. The van der Waals surface area contributed by atoms with Crippen molar-refractivity contribution < 1.29 is 0 Å².